The van der Waals surface area contributed by atoms with Gasteiger partial charge < -0.3 is 9.47 Å². The molecule has 10 heteroatoms. The molecule has 0 unspecified atom stereocenters. The standard InChI is InChI=1S/C21H38N4O5Si/c1-21(2,3)30-20(27)24-11-9-10-16(24)18-22-14-17(19(26)23(4)28-5)25(18)15-29-12-13-31(6,7)8/h14,16H,9-13,15H2,1-8H3/t16-/m0/s1. The van der Waals surface area contributed by atoms with E-state index >= 15 is 0 Å². The molecule has 0 radical (unpaired) electrons. The first kappa shape index (κ1) is 25.3. The first-order chi connectivity index (χ1) is 14.3. The Kier molecular flexibility index (Phi) is 8.29. The molecule has 0 saturated carbocycles. The minimum atomic E-state index is -1.24. The molecule has 1 atom stereocenters. The Bertz CT molecular complexity index is 769. The molecule has 0 aromatic carbocycles. The Labute approximate surface area is 186 Å². The summed E-state index contributed by atoms with van der Waals surface area (Å²) in [6.45, 7) is 13.8. The van der Waals surface area contributed by atoms with E-state index in [9.17, 15) is 9.59 Å². The van der Waals surface area contributed by atoms with Crippen LogP contribution in [0.2, 0.25) is 25.7 Å². The van der Waals surface area contributed by atoms with E-state index in [2.05, 4.69) is 24.6 Å². The average molecular weight is 455 g/mol. The zero-order valence-corrected chi connectivity index (χ0v) is 21.2. The molecule has 1 saturated heterocycles. The molecule has 0 spiro atoms. The highest BCUT2D eigenvalue weighted by Gasteiger charge is 2.37. The molecule has 0 bridgehead atoms. The third kappa shape index (κ3) is 7.05. The maximum absolute atomic E-state index is 12.8. The highest BCUT2D eigenvalue weighted by Crippen LogP contribution is 2.33. The number of hydrogen-bond donors (Lipinski definition) is 0. The fourth-order valence-electron chi connectivity index (χ4n) is 3.31. The predicted octanol–water partition coefficient (Wildman–Crippen LogP) is 3.90. The Hall–Kier alpha value is -1.91. The fraction of sp³-hybridized carbons (Fsp3) is 0.762. The molecule has 1 fully saturated rings. The van der Waals surface area contributed by atoms with Crippen LogP contribution in [0.15, 0.2) is 6.20 Å². The zero-order valence-electron chi connectivity index (χ0n) is 20.2. The van der Waals surface area contributed by atoms with Crippen molar-refractivity contribution in [1.29, 1.82) is 0 Å². The van der Waals surface area contributed by atoms with Crippen LogP contribution in [0.5, 0.6) is 0 Å². The summed E-state index contributed by atoms with van der Waals surface area (Å²) in [6.07, 6.45) is 2.75. The van der Waals surface area contributed by atoms with Crippen molar-refractivity contribution in [3.8, 4) is 0 Å². The Morgan fingerprint density at radius 2 is 1.97 bits per heavy atom. The van der Waals surface area contributed by atoms with E-state index in [1.807, 2.05) is 20.8 Å². The molecule has 2 heterocycles. The molecule has 1 aromatic heterocycles. The van der Waals surface area contributed by atoms with Gasteiger partial charge in [-0.05, 0) is 39.7 Å². The number of rotatable bonds is 8. The van der Waals surface area contributed by atoms with Crippen LogP contribution in [-0.4, -0.2) is 72.5 Å². The number of carbonyl (C=O) groups is 2. The van der Waals surface area contributed by atoms with Crippen LogP contribution in [0.4, 0.5) is 4.79 Å². The molecule has 31 heavy (non-hydrogen) atoms. The maximum atomic E-state index is 12.8. The minimum Gasteiger partial charge on any atom is -0.444 e. The Morgan fingerprint density at radius 1 is 1.29 bits per heavy atom. The van der Waals surface area contributed by atoms with Crippen molar-refractivity contribution in [3.05, 3.63) is 17.7 Å². The third-order valence-corrected chi connectivity index (χ3v) is 6.77. The summed E-state index contributed by atoms with van der Waals surface area (Å²) in [5.41, 5.74) is -0.217. The number of imidazole rings is 1. The lowest BCUT2D eigenvalue weighted by molar-refractivity contribution is -0.0767. The van der Waals surface area contributed by atoms with Crippen LogP contribution >= 0.6 is 0 Å². The normalized spacial score (nSPS) is 17.2. The first-order valence-corrected chi connectivity index (χ1v) is 14.5. The van der Waals surface area contributed by atoms with Crippen molar-refractivity contribution in [2.45, 2.75) is 77.7 Å². The van der Waals surface area contributed by atoms with Crippen molar-refractivity contribution in [3.63, 3.8) is 0 Å². The number of nitrogens with zero attached hydrogens (tertiary/aromatic N) is 4. The van der Waals surface area contributed by atoms with Gasteiger partial charge in [0.15, 0.2) is 0 Å². The molecular formula is C21H38N4O5Si. The number of hydroxylamine groups is 2. The molecule has 176 valence electrons. The fourth-order valence-corrected chi connectivity index (χ4v) is 4.07. The molecule has 0 aliphatic carbocycles. The van der Waals surface area contributed by atoms with E-state index in [0.29, 0.717) is 24.7 Å². The Morgan fingerprint density at radius 3 is 2.55 bits per heavy atom. The lowest BCUT2D eigenvalue weighted by Gasteiger charge is -2.29. The number of aromatic nitrogens is 2. The average Bonchev–Trinajstić information content (AvgIpc) is 3.28. The molecule has 1 aromatic rings. The predicted molar refractivity (Wildman–Crippen MR) is 120 cm³/mol. The van der Waals surface area contributed by atoms with Gasteiger partial charge in [0.05, 0.1) is 19.3 Å². The van der Waals surface area contributed by atoms with Gasteiger partial charge >= 0.3 is 6.09 Å². The third-order valence-electron chi connectivity index (χ3n) is 5.06. The van der Waals surface area contributed by atoms with Gasteiger partial charge in [0, 0.05) is 28.3 Å². The highest BCUT2D eigenvalue weighted by atomic mass is 28.3. The smallest absolute Gasteiger partial charge is 0.410 e. The lowest BCUT2D eigenvalue weighted by Crippen LogP contribution is -2.37. The van der Waals surface area contributed by atoms with Crippen molar-refractivity contribution in [2.24, 2.45) is 0 Å². The molecular weight excluding hydrogens is 416 g/mol. The van der Waals surface area contributed by atoms with Crippen molar-refractivity contribution in [1.82, 2.24) is 19.5 Å². The van der Waals surface area contributed by atoms with Crippen LogP contribution in [0.3, 0.4) is 0 Å². The van der Waals surface area contributed by atoms with E-state index in [1.54, 1.807) is 16.5 Å². The first-order valence-electron chi connectivity index (χ1n) is 10.8. The number of hydrogen-bond acceptors (Lipinski definition) is 6. The van der Waals surface area contributed by atoms with Gasteiger partial charge in [0.1, 0.15) is 23.9 Å². The van der Waals surface area contributed by atoms with E-state index in [1.165, 1.54) is 13.3 Å². The van der Waals surface area contributed by atoms with Gasteiger partial charge in [-0.2, -0.15) is 0 Å². The van der Waals surface area contributed by atoms with Crippen LogP contribution in [-0.2, 0) is 21.0 Å². The minimum absolute atomic E-state index is 0.192. The SMILES string of the molecule is CON(C)C(=O)c1cnc([C@@H]2CCCN2C(=O)OC(C)(C)C)n1COCC[Si](C)(C)C. The van der Waals surface area contributed by atoms with Gasteiger partial charge in [0.25, 0.3) is 5.91 Å². The highest BCUT2D eigenvalue weighted by molar-refractivity contribution is 6.76. The molecule has 9 nitrogen and oxygen atoms in total. The van der Waals surface area contributed by atoms with Gasteiger partial charge in [-0.3, -0.25) is 19.1 Å². The second kappa shape index (κ2) is 10.1. The van der Waals surface area contributed by atoms with Crippen molar-refractivity contribution >= 4 is 20.1 Å². The van der Waals surface area contributed by atoms with E-state index in [-0.39, 0.29) is 24.8 Å². The van der Waals surface area contributed by atoms with E-state index in [0.717, 1.165) is 23.9 Å². The number of amides is 2. The van der Waals surface area contributed by atoms with Crippen molar-refractivity contribution < 1.29 is 23.9 Å². The second-order valence-electron chi connectivity index (χ2n) is 10.1. The molecule has 0 N–H and O–H groups in total. The lowest BCUT2D eigenvalue weighted by atomic mass is 10.2. The van der Waals surface area contributed by atoms with Crippen LogP contribution in [0.1, 0.15) is 56.0 Å². The largest absolute Gasteiger partial charge is 0.444 e. The van der Waals surface area contributed by atoms with E-state index in [4.69, 9.17) is 14.3 Å². The maximum Gasteiger partial charge on any atom is 0.410 e. The van der Waals surface area contributed by atoms with E-state index < -0.39 is 13.7 Å². The quantitative estimate of drug-likeness (QED) is 0.336. The molecule has 1 aliphatic rings. The van der Waals surface area contributed by atoms with Crippen molar-refractivity contribution in [2.75, 3.05) is 27.3 Å². The second-order valence-corrected chi connectivity index (χ2v) is 15.7. The van der Waals surface area contributed by atoms with Gasteiger partial charge in [-0.15, -0.1) is 0 Å². The summed E-state index contributed by atoms with van der Waals surface area (Å²) in [7, 11) is 1.74. The number of ether oxygens (including phenoxy) is 2. The summed E-state index contributed by atoms with van der Waals surface area (Å²) < 4.78 is 13.3. The molecule has 2 rings (SSSR count). The monoisotopic (exact) mass is 454 g/mol. The molecule has 2 amide bonds. The summed E-state index contributed by atoms with van der Waals surface area (Å²) in [4.78, 5) is 36.9. The van der Waals surface area contributed by atoms with Gasteiger partial charge in [-0.25, -0.2) is 14.8 Å². The Balaban J connectivity index is 2.29. The summed E-state index contributed by atoms with van der Waals surface area (Å²) >= 11 is 0. The van der Waals surface area contributed by atoms with Gasteiger partial charge in [0.2, 0.25) is 0 Å². The number of likely N-dealkylation sites (tertiary alicyclic amines) is 1. The summed E-state index contributed by atoms with van der Waals surface area (Å²) in [5.74, 6) is 0.307. The van der Waals surface area contributed by atoms with Crippen LogP contribution in [0.25, 0.3) is 0 Å². The number of carbonyl (C=O) groups excluding carboxylic acids is 2. The van der Waals surface area contributed by atoms with Gasteiger partial charge in [-0.1, -0.05) is 19.6 Å². The van der Waals surface area contributed by atoms with Crippen LogP contribution in [0, 0.1) is 0 Å². The topological polar surface area (TPSA) is 86.1 Å². The summed E-state index contributed by atoms with van der Waals surface area (Å²) in [5, 5.41) is 1.15. The molecule has 1 aliphatic heterocycles. The van der Waals surface area contributed by atoms with Crippen LogP contribution < -0.4 is 0 Å². The zero-order chi connectivity index (χ0) is 23.4. The summed E-state index contributed by atoms with van der Waals surface area (Å²) in [6, 6.07) is 0.746.